The van der Waals surface area contributed by atoms with E-state index in [0.29, 0.717) is 78.9 Å². The molecule has 0 bridgehead atoms. The van der Waals surface area contributed by atoms with Gasteiger partial charge in [-0.25, -0.2) is 9.59 Å². The van der Waals surface area contributed by atoms with Gasteiger partial charge in [0.1, 0.15) is 17.2 Å². The first-order chi connectivity index (χ1) is 21.9. The quantitative estimate of drug-likeness (QED) is 0.313. The lowest BCUT2D eigenvalue weighted by atomic mass is 9.94. The number of amides is 3. The Labute approximate surface area is 264 Å². The molecule has 1 saturated heterocycles. The third kappa shape index (κ3) is 7.46. The SMILES string of the molecule is CCOC(=O)C1=C(CN2CCCN(C(=O)c3cccc(OC)c3)CC2)N(CC)C(=O)NC1c1cccc(Oc2ccccc2)c1. The second-order valence-corrected chi connectivity index (χ2v) is 10.8. The van der Waals surface area contributed by atoms with Crippen LogP contribution in [0.5, 0.6) is 17.2 Å². The zero-order valence-corrected chi connectivity index (χ0v) is 26.0. The second kappa shape index (κ2) is 14.8. The molecule has 1 unspecified atom stereocenters. The average molecular weight is 613 g/mol. The molecule has 1 N–H and O–H groups in total. The minimum Gasteiger partial charge on any atom is -0.497 e. The highest BCUT2D eigenvalue weighted by Crippen LogP contribution is 2.34. The van der Waals surface area contributed by atoms with Crippen LogP contribution in [0.1, 0.15) is 42.2 Å². The number of para-hydroxylation sites is 1. The normalized spacial score (nSPS) is 17.4. The Morgan fingerprint density at radius 2 is 1.62 bits per heavy atom. The molecule has 0 spiro atoms. The van der Waals surface area contributed by atoms with Gasteiger partial charge in [-0.2, -0.15) is 0 Å². The molecule has 2 aliphatic rings. The van der Waals surface area contributed by atoms with Gasteiger partial charge in [0.25, 0.3) is 5.91 Å². The van der Waals surface area contributed by atoms with Crippen LogP contribution in [0, 0.1) is 0 Å². The Morgan fingerprint density at radius 3 is 2.38 bits per heavy atom. The topological polar surface area (TPSA) is 101 Å². The maximum atomic E-state index is 13.6. The molecular weight excluding hydrogens is 572 g/mol. The molecule has 0 aliphatic carbocycles. The molecule has 3 aromatic rings. The highest BCUT2D eigenvalue weighted by atomic mass is 16.5. The van der Waals surface area contributed by atoms with Crippen molar-refractivity contribution in [2.24, 2.45) is 0 Å². The van der Waals surface area contributed by atoms with E-state index < -0.39 is 12.0 Å². The van der Waals surface area contributed by atoms with Crippen LogP contribution in [-0.2, 0) is 9.53 Å². The number of carbonyl (C=O) groups is 3. The van der Waals surface area contributed by atoms with Crippen molar-refractivity contribution in [3.8, 4) is 17.2 Å². The fraction of sp³-hybridized carbons (Fsp3) is 0.343. The summed E-state index contributed by atoms with van der Waals surface area (Å²) in [5.41, 5.74) is 2.28. The summed E-state index contributed by atoms with van der Waals surface area (Å²) in [5.74, 6) is 1.38. The summed E-state index contributed by atoms with van der Waals surface area (Å²) in [7, 11) is 1.58. The van der Waals surface area contributed by atoms with Crippen molar-refractivity contribution in [1.29, 1.82) is 0 Å². The van der Waals surface area contributed by atoms with E-state index in [9.17, 15) is 14.4 Å². The molecule has 3 aromatic carbocycles. The molecule has 1 fully saturated rings. The van der Waals surface area contributed by atoms with Crippen molar-refractivity contribution in [2.75, 3.05) is 53.0 Å². The fourth-order valence-corrected chi connectivity index (χ4v) is 5.77. The number of esters is 1. The third-order valence-corrected chi connectivity index (χ3v) is 7.99. The second-order valence-electron chi connectivity index (χ2n) is 10.8. The van der Waals surface area contributed by atoms with Gasteiger partial charge in [0.05, 0.1) is 25.3 Å². The number of rotatable bonds is 10. The number of hydrogen-bond donors (Lipinski definition) is 1. The first kappa shape index (κ1) is 31.6. The van der Waals surface area contributed by atoms with Gasteiger partial charge in [0, 0.05) is 50.5 Å². The van der Waals surface area contributed by atoms with Crippen LogP contribution >= 0.6 is 0 Å². The Hall–Kier alpha value is -4.83. The van der Waals surface area contributed by atoms with E-state index in [1.54, 1.807) is 31.1 Å². The van der Waals surface area contributed by atoms with Crippen LogP contribution in [-0.4, -0.2) is 85.6 Å². The average Bonchev–Trinajstić information content (AvgIpc) is 3.30. The zero-order chi connectivity index (χ0) is 31.8. The molecule has 10 nitrogen and oxygen atoms in total. The van der Waals surface area contributed by atoms with Gasteiger partial charge >= 0.3 is 12.0 Å². The van der Waals surface area contributed by atoms with E-state index in [2.05, 4.69) is 10.2 Å². The molecule has 1 atom stereocenters. The Balaban J connectivity index is 1.42. The molecule has 0 aromatic heterocycles. The standard InChI is InChI=1S/C35H40N4O6/c1-4-39-30(24-37-18-11-19-38(21-20-37)33(40)26-13-10-16-28(23-26)43-3)31(34(41)44-5-2)32(36-35(39)42)25-12-9-17-29(22-25)45-27-14-7-6-8-15-27/h6-10,12-17,22-23,32H,4-5,11,18-21,24H2,1-3H3,(H,36,42). The maximum absolute atomic E-state index is 13.6. The largest absolute Gasteiger partial charge is 0.497 e. The summed E-state index contributed by atoms with van der Waals surface area (Å²) in [6.45, 7) is 6.98. The van der Waals surface area contributed by atoms with Crippen LogP contribution in [0.15, 0.2) is 90.1 Å². The first-order valence-corrected chi connectivity index (χ1v) is 15.4. The van der Waals surface area contributed by atoms with Gasteiger partial charge in [0.2, 0.25) is 0 Å². The van der Waals surface area contributed by atoms with Gasteiger partial charge in [-0.3, -0.25) is 14.6 Å². The molecule has 236 valence electrons. The van der Waals surface area contributed by atoms with Crippen LogP contribution < -0.4 is 14.8 Å². The number of nitrogens with one attached hydrogen (secondary N) is 1. The summed E-state index contributed by atoms with van der Waals surface area (Å²) in [6.07, 6.45) is 0.748. The Morgan fingerprint density at radius 1 is 0.867 bits per heavy atom. The summed E-state index contributed by atoms with van der Waals surface area (Å²) in [6, 6.07) is 23.0. The number of nitrogens with zero attached hydrogens (tertiary/aromatic N) is 3. The van der Waals surface area contributed by atoms with E-state index in [0.717, 1.165) is 6.42 Å². The van der Waals surface area contributed by atoms with Crippen LogP contribution in [0.4, 0.5) is 4.79 Å². The summed E-state index contributed by atoms with van der Waals surface area (Å²) in [5, 5.41) is 3.03. The van der Waals surface area contributed by atoms with Crippen molar-refractivity contribution in [1.82, 2.24) is 20.0 Å². The Bertz CT molecular complexity index is 1540. The molecule has 45 heavy (non-hydrogen) atoms. The van der Waals surface area contributed by atoms with Crippen molar-refractivity contribution >= 4 is 17.9 Å². The van der Waals surface area contributed by atoms with Gasteiger partial charge in [-0.1, -0.05) is 36.4 Å². The van der Waals surface area contributed by atoms with E-state index in [-0.39, 0.29) is 18.5 Å². The highest BCUT2D eigenvalue weighted by molar-refractivity contribution is 5.95. The first-order valence-electron chi connectivity index (χ1n) is 15.4. The van der Waals surface area contributed by atoms with Crippen LogP contribution in [0.2, 0.25) is 0 Å². The minimum absolute atomic E-state index is 0.0490. The van der Waals surface area contributed by atoms with Crippen molar-refractivity contribution in [3.63, 3.8) is 0 Å². The molecule has 10 heteroatoms. The summed E-state index contributed by atoms with van der Waals surface area (Å²) >= 11 is 0. The van der Waals surface area contributed by atoms with Crippen LogP contribution in [0.3, 0.4) is 0 Å². The summed E-state index contributed by atoms with van der Waals surface area (Å²) < 4.78 is 16.9. The minimum atomic E-state index is -0.730. The fourth-order valence-electron chi connectivity index (χ4n) is 5.77. The molecular formula is C35H40N4O6. The van der Waals surface area contributed by atoms with E-state index >= 15 is 0 Å². The number of ether oxygens (including phenoxy) is 3. The van der Waals surface area contributed by atoms with Crippen molar-refractivity contribution in [2.45, 2.75) is 26.3 Å². The highest BCUT2D eigenvalue weighted by Gasteiger charge is 2.38. The smallest absolute Gasteiger partial charge is 0.338 e. The molecule has 0 radical (unpaired) electrons. The van der Waals surface area contributed by atoms with Crippen molar-refractivity contribution in [3.05, 3.63) is 101 Å². The lowest BCUT2D eigenvalue weighted by Crippen LogP contribution is -2.51. The monoisotopic (exact) mass is 612 g/mol. The molecule has 2 heterocycles. The number of benzene rings is 3. The number of urea groups is 1. The zero-order valence-electron chi connectivity index (χ0n) is 26.0. The van der Waals surface area contributed by atoms with E-state index in [1.165, 1.54) is 0 Å². The molecule has 2 aliphatic heterocycles. The number of likely N-dealkylation sites (N-methyl/N-ethyl adjacent to an activating group) is 1. The lowest BCUT2D eigenvalue weighted by Gasteiger charge is -2.38. The van der Waals surface area contributed by atoms with Gasteiger partial charge in [0.15, 0.2) is 0 Å². The third-order valence-electron chi connectivity index (χ3n) is 7.99. The molecule has 0 saturated carbocycles. The van der Waals surface area contributed by atoms with Crippen molar-refractivity contribution < 1.29 is 28.6 Å². The summed E-state index contributed by atoms with van der Waals surface area (Å²) in [4.78, 5) is 46.1. The molecule has 5 rings (SSSR count). The van der Waals surface area contributed by atoms with Gasteiger partial charge in [-0.05, 0) is 68.3 Å². The van der Waals surface area contributed by atoms with Gasteiger partial charge in [-0.15, -0.1) is 0 Å². The van der Waals surface area contributed by atoms with Gasteiger partial charge < -0.3 is 24.4 Å². The lowest BCUT2D eigenvalue weighted by molar-refractivity contribution is -0.139. The predicted molar refractivity (Wildman–Crippen MR) is 170 cm³/mol. The number of hydrogen-bond acceptors (Lipinski definition) is 7. The van der Waals surface area contributed by atoms with E-state index in [1.807, 2.05) is 78.6 Å². The maximum Gasteiger partial charge on any atom is 0.338 e. The predicted octanol–water partition coefficient (Wildman–Crippen LogP) is 5.24. The van der Waals surface area contributed by atoms with E-state index in [4.69, 9.17) is 14.2 Å². The number of methoxy groups -OCH3 is 1. The molecule has 3 amide bonds. The van der Waals surface area contributed by atoms with Crippen LogP contribution in [0.25, 0.3) is 0 Å². The Kier molecular flexibility index (Phi) is 10.4. The number of carbonyl (C=O) groups excluding carboxylic acids is 3.